The largest absolute Gasteiger partial charge is 0.271 e. The second-order valence-electron chi connectivity index (χ2n) is 5.27. The first-order valence-corrected chi connectivity index (χ1v) is 8.77. The van der Waals surface area contributed by atoms with Crippen LogP contribution in [0.25, 0.3) is 0 Å². The number of benzene rings is 2. The third-order valence-electron chi connectivity index (χ3n) is 3.38. The summed E-state index contributed by atoms with van der Waals surface area (Å²) in [5, 5.41) is 4.59. The molecule has 0 aliphatic rings. The minimum Gasteiger partial charge on any atom is -0.267 e. The average Bonchev–Trinajstić information content (AvgIpc) is 2.69. The van der Waals surface area contributed by atoms with Gasteiger partial charge in [0.1, 0.15) is 5.82 Å². The van der Waals surface area contributed by atoms with Crippen molar-refractivity contribution < 1.29 is 9.18 Å². The van der Waals surface area contributed by atoms with Gasteiger partial charge < -0.3 is 0 Å². The molecule has 0 saturated carbocycles. The lowest BCUT2D eigenvalue weighted by Crippen LogP contribution is -2.17. The molecule has 0 fully saturated rings. The second kappa shape index (κ2) is 8.87. The van der Waals surface area contributed by atoms with Crippen LogP contribution in [0.5, 0.6) is 0 Å². The van der Waals surface area contributed by atoms with Gasteiger partial charge in [0.15, 0.2) is 5.16 Å². The summed E-state index contributed by atoms with van der Waals surface area (Å²) in [6, 6.07) is 14.8. The van der Waals surface area contributed by atoms with E-state index in [1.165, 1.54) is 30.1 Å². The summed E-state index contributed by atoms with van der Waals surface area (Å²) in [6.45, 7) is 0. The molecule has 5 nitrogen and oxygen atoms in total. The average molecular weight is 366 g/mol. The van der Waals surface area contributed by atoms with Gasteiger partial charge in [0.05, 0.1) is 6.21 Å². The van der Waals surface area contributed by atoms with Crippen LogP contribution in [-0.2, 0) is 5.75 Å². The second-order valence-corrected chi connectivity index (χ2v) is 6.21. The minimum absolute atomic E-state index is 0.311. The maximum Gasteiger partial charge on any atom is 0.271 e. The van der Waals surface area contributed by atoms with Crippen LogP contribution in [0, 0.1) is 5.82 Å². The SMILES string of the molecule is O=C(NN=Cc1ccc(F)cc1)c1ccc(CSc2ncccn2)cc1. The number of rotatable bonds is 6. The molecule has 3 aromatic rings. The van der Waals surface area contributed by atoms with Crippen molar-refractivity contribution in [3.8, 4) is 0 Å². The first-order chi connectivity index (χ1) is 12.7. The zero-order chi connectivity index (χ0) is 18.2. The highest BCUT2D eigenvalue weighted by Crippen LogP contribution is 2.18. The molecule has 0 saturated heterocycles. The minimum atomic E-state index is -0.316. The summed E-state index contributed by atoms with van der Waals surface area (Å²) in [4.78, 5) is 20.4. The zero-order valence-electron chi connectivity index (χ0n) is 13.7. The van der Waals surface area contributed by atoms with Crippen LogP contribution in [-0.4, -0.2) is 22.1 Å². The van der Waals surface area contributed by atoms with E-state index in [1.54, 1.807) is 42.7 Å². The molecule has 0 aliphatic carbocycles. The molecule has 0 atom stereocenters. The number of thioether (sulfide) groups is 1. The quantitative estimate of drug-likeness (QED) is 0.313. The van der Waals surface area contributed by atoms with E-state index in [0.717, 1.165) is 5.56 Å². The van der Waals surface area contributed by atoms with E-state index in [0.29, 0.717) is 22.0 Å². The Kier molecular flexibility index (Phi) is 6.05. The molecule has 26 heavy (non-hydrogen) atoms. The molecule has 7 heteroatoms. The van der Waals surface area contributed by atoms with E-state index >= 15 is 0 Å². The fraction of sp³-hybridized carbons (Fsp3) is 0.0526. The molecular weight excluding hydrogens is 351 g/mol. The van der Waals surface area contributed by atoms with Gasteiger partial charge in [0.2, 0.25) is 0 Å². The number of carbonyl (C=O) groups excluding carboxylic acids is 1. The summed E-state index contributed by atoms with van der Waals surface area (Å²) in [7, 11) is 0. The van der Waals surface area contributed by atoms with Crippen molar-refractivity contribution >= 4 is 23.9 Å². The number of aromatic nitrogens is 2. The number of hydrogen-bond donors (Lipinski definition) is 1. The third-order valence-corrected chi connectivity index (χ3v) is 4.32. The number of halogens is 1. The maximum absolute atomic E-state index is 12.8. The van der Waals surface area contributed by atoms with Gasteiger partial charge in [-0.1, -0.05) is 36.0 Å². The van der Waals surface area contributed by atoms with Crippen molar-refractivity contribution in [3.63, 3.8) is 0 Å². The fourth-order valence-corrected chi connectivity index (χ4v) is 2.80. The van der Waals surface area contributed by atoms with Crippen LogP contribution in [0.3, 0.4) is 0 Å². The van der Waals surface area contributed by atoms with Crippen molar-refractivity contribution in [2.24, 2.45) is 5.10 Å². The van der Waals surface area contributed by atoms with Gasteiger partial charge in [0, 0.05) is 23.7 Å². The highest BCUT2D eigenvalue weighted by atomic mass is 32.2. The third kappa shape index (κ3) is 5.22. The Labute approximate surface area is 154 Å². The Morgan fingerprint density at radius 1 is 1.08 bits per heavy atom. The Hall–Kier alpha value is -3.06. The van der Waals surface area contributed by atoms with Crippen LogP contribution in [0.1, 0.15) is 21.5 Å². The molecule has 0 spiro atoms. The zero-order valence-corrected chi connectivity index (χ0v) is 14.5. The first-order valence-electron chi connectivity index (χ1n) is 7.78. The Morgan fingerprint density at radius 3 is 2.46 bits per heavy atom. The summed E-state index contributed by atoms with van der Waals surface area (Å²) in [5.74, 6) is 0.0893. The molecule has 130 valence electrons. The topological polar surface area (TPSA) is 67.2 Å². The predicted molar refractivity (Wildman–Crippen MR) is 99.5 cm³/mol. The number of carbonyl (C=O) groups is 1. The summed E-state index contributed by atoms with van der Waals surface area (Å²) >= 11 is 1.53. The van der Waals surface area contributed by atoms with Crippen LogP contribution in [0.4, 0.5) is 4.39 Å². The van der Waals surface area contributed by atoms with Crippen molar-refractivity contribution in [1.82, 2.24) is 15.4 Å². The van der Waals surface area contributed by atoms with Crippen LogP contribution < -0.4 is 5.43 Å². The molecule has 1 heterocycles. The fourth-order valence-electron chi connectivity index (χ4n) is 2.04. The predicted octanol–water partition coefficient (Wildman–Crippen LogP) is 3.67. The molecule has 0 bridgehead atoms. The highest BCUT2D eigenvalue weighted by Gasteiger charge is 2.05. The molecule has 2 aromatic carbocycles. The Morgan fingerprint density at radius 2 is 1.77 bits per heavy atom. The van der Waals surface area contributed by atoms with E-state index < -0.39 is 0 Å². The first kappa shape index (κ1) is 17.8. The number of nitrogens with one attached hydrogen (secondary N) is 1. The van der Waals surface area contributed by atoms with Gasteiger partial charge in [-0.05, 0) is 41.5 Å². The molecule has 0 radical (unpaired) electrons. The lowest BCUT2D eigenvalue weighted by Gasteiger charge is -2.03. The number of nitrogens with zero attached hydrogens (tertiary/aromatic N) is 3. The number of amides is 1. The van der Waals surface area contributed by atoms with Crippen molar-refractivity contribution in [1.29, 1.82) is 0 Å². The van der Waals surface area contributed by atoms with Crippen molar-refractivity contribution in [2.75, 3.05) is 0 Å². The lowest BCUT2D eigenvalue weighted by molar-refractivity contribution is 0.0955. The molecule has 1 aromatic heterocycles. The standard InChI is InChI=1S/C19H15FN4OS/c20-17-8-4-14(5-9-17)12-23-24-18(25)16-6-2-15(3-7-16)13-26-19-21-10-1-11-22-19/h1-12H,13H2,(H,24,25). The summed E-state index contributed by atoms with van der Waals surface area (Å²) < 4.78 is 12.8. The van der Waals surface area contributed by atoms with Gasteiger partial charge in [-0.2, -0.15) is 5.10 Å². The van der Waals surface area contributed by atoms with Gasteiger partial charge >= 0.3 is 0 Å². The molecule has 3 rings (SSSR count). The molecule has 1 amide bonds. The summed E-state index contributed by atoms with van der Waals surface area (Å²) in [6.07, 6.45) is 4.87. The Balaban J connectivity index is 1.52. The van der Waals surface area contributed by atoms with E-state index in [2.05, 4.69) is 20.5 Å². The summed E-state index contributed by atoms with van der Waals surface area (Å²) in [5.41, 5.74) is 4.72. The van der Waals surface area contributed by atoms with Gasteiger partial charge in [-0.15, -0.1) is 0 Å². The monoisotopic (exact) mass is 366 g/mol. The maximum atomic E-state index is 12.8. The van der Waals surface area contributed by atoms with E-state index in [4.69, 9.17) is 0 Å². The Bertz CT molecular complexity index is 884. The van der Waals surface area contributed by atoms with Crippen LogP contribution in [0.15, 0.2) is 77.2 Å². The van der Waals surface area contributed by atoms with Crippen molar-refractivity contribution in [3.05, 3.63) is 89.5 Å². The van der Waals surface area contributed by atoms with Crippen LogP contribution >= 0.6 is 11.8 Å². The molecule has 1 N–H and O–H groups in total. The smallest absolute Gasteiger partial charge is 0.267 e. The van der Waals surface area contributed by atoms with E-state index in [1.807, 2.05) is 12.1 Å². The van der Waals surface area contributed by atoms with Crippen LogP contribution in [0.2, 0.25) is 0 Å². The number of hydrazone groups is 1. The highest BCUT2D eigenvalue weighted by molar-refractivity contribution is 7.98. The number of hydrogen-bond acceptors (Lipinski definition) is 5. The molecular formula is C19H15FN4OS. The van der Waals surface area contributed by atoms with Gasteiger partial charge in [0.25, 0.3) is 5.91 Å². The normalized spacial score (nSPS) is 10.8. The molecule has 0 aliphatic heterocycles. The van der Waals surface area contributed by atoms with E-state index in [9.17, 15) is 9.18 Å². The lowest BCUT2D eigenvalue weighted by atomic mass is 10.1. The van der Waals surface area contributed by atoms with Gasteiger partial charge in [-0.25, -0.2) is 19.8 Å². The van der Waals surface area contributed by atoms with Crippen molar-refractivity contribution in [2.45, 2.75) is 10.9 Å². The molecule has 0 unspecified atom stereocenters. The van der Waals surface area contributed by atoms with E-state index in [-0.39, 0.29) is 11.7 Å². The van der Waals surface area contributed by atoms with Gasteiger partial charge in [-0.3, -0.25) is 4.79 Å².